The summed E-state index contributed by atoms with van der Waals surface area (Å²) >= 11 is 0. The van der Waals surface area contributed by atoms with E-state index in [1.807, 2.05) is 0 Å². The van der Waals surface area contributed by atoms with Crippen LogP contribution in [0.2, 0.25) is 0 Å². The molecule has 0 aromatic carbocycles. The van der Waals surface area contributed by atoms with Gasteiger partial charge in [0.2, 0.25) is 0 Å². The van der Waals surface area contributed by atoms with E-state index >= 15 is 0 Å². The van der Waals surface area contributed by atoms with E-state index in [0.29, 0.717) is 18.0 Å². The summed E-state index contributed by atoms with van der Waals surface area (Å²) in [5.74, 6) is 0.903. The molecule has 2 aliphatic rings. The molecule has 29 heavy (non-hydrogen) atoms. The molecule has 7 heteroatoms. The van der Waals surface area contributed by atoms with Gasteiger partial charge in [-0.15, -0.1) is 24.0 Å². The molecule has 0 unspecified atom stereocenters. The molecule has 0 atom stereocenters. The molecule has 0 radical (unpaired) electrons. The summed E-state index contributed by atoms with van der Waals surface area (Å²) < 4.78 is 7.79. The van der Waals surface area contributed by atoms with E-state index in [4.69, 9.17) is 14.8 Å². The molecule has 0 aliphatic heterocycles. The van der Waals surface area contributed by atoms with Crippen LogP contribution in [-0.2, 0) is 11.3 Å². The minimum atomic E-state index is 0. The van der Waals surface area contributed by atoms with Crippen molar-refractivity contribution in [1.29, 1.82) is 0 Å². The lowest BCUT2D eigenvalue weighted by molar-refractivity contribution is 0.105. The number of halogens is 1. The Balaban J connectivity index is 0.00000300. The topological polar surface area (TPSA) is 63.5 Å². The van der Waals surface area contributed by atoms with Crippen LogP contribution in [-0.4, -0.2) is 42.0 Å². The summed E-state index contributed by atoms with van der Waals surface area (Å²) in [7, 11) is 0. The average molecular weight is 518 g/mol. The Hall–Kier alpha value is -0.830. The number of nitrogens with zero attached hydrogens (tertiary/aromatic N) is 3. The second-order valence-electron chi connectivity index (χ2n) is 8.43. The van der Waals surface area contributed by atoms with Gasteiger partial charge in [-0.25, -0.2) is 4.99 Å². The monoisotopic (exact) mass is 517 g/mol. The first kappa shape index (κ1) is 24.4. The van der Waals surface area contributed by atoms with Crippen LogP contribution < -0.4 is 10.6 Å². The Morgan fingerprint density at radius 1 is 1.21 bits per heavy atom. The largest absolute Gasteiger partial charge is 0.382 e. The molecule has 1 heterocycles. The molecule has 0 spiro atoms. The number of ether oxygens (including phenoxy) is 1. The van der Waals surface area contributed by atoms with Gasteiger partial charge < -0.3 is 15.4 Å². The third-order valence-corrected chi connectivity index (χ3v) is 6.38. The Morgan fingerprint density at radius 3 is 2.66 bits per heavy atom. The maximum Gasteiger partial charge on any atom is 0.191 e. The lowest BCUT2D eigenvalue weighted by Crippen LogP contribution is -2.43. The molecular formula is C22H40IN5O. The minimum absolute atomic E-state index is 0. The van der Waals surface area contributed by atoms with Crippen molar-refractivity contribution in [3.63, 3.8) is 0 Å². The van der Waals surface area contributed by atoms with Gasteiger partial charge in [0.1, 0.15) is 0 Å². The van der Waals surface area contributed by atoms with Crippen LogP contribution in [0.1, 0.15) is 83.4 Å². The molecule has 0 bridgehead atoms. The van der Waals surface area contributed by atoms with Gasteiger partial charge in [-0.3, -0.25) is 4.68 Å². The van der Waals surface area contributed by atoms with E-state index < -0.39 is 0 Å². The normalized spacial score (nSPS) is 19.3. The summed E-state index contributed by atoms with van der Waals surface area (Å²) in [6, 6.07) is 2.71. The standard InChI is InChI=1S/C22H39N5O.HI/c1-3-23-21(25-18-22(12-7-8-13-22)14-16-28-4-2)24-17-19-11-15-27(26-19)20-9-5-6-10-20;/h11,15,20H,3-10,12-14,16-18H2,1-2H3,(H2,23,24,25);1H. The van der Waals surface area contributed by atoms with Crippen molar-refractivity contribution in [3.8, 4) is 0 Å². The lowest BCUT2D eigenvalue weighted by atomic mass is 9.83. The summed E-state index contributed by atoms with van der Waals surface area (Å²) in [5.41, 5.74) is 1.41. The van der Waals surface area contributed by atoms with Crippen LogP contribution >= 0.6 is 24.0 Å². The predicted molar refractivity (Wildman–Crippen MR) is 130 cm³/mol. The molecule has 2 saturated carbocycles. The predicted octanol–water partition coefficient (Wildman–Crippen LogP) is 4.66. The molecule has 2 aliphatic carbocycles. The van der Waals surface area contributed by atoms with Crippen LogP contribution in [0.25, 0.3) is 0 Å². The Bertz CT molecular complexity index is 606. The maximum absolute atomic E-state index is 5.64. The highest BCUT2D eigenvalue weighted by molar-refractivity contribution is 14.0. The van der Waals surface area contributed by atoms with Gasteiger partial charge in [-0.2, -0.15) is 5.10 Å². The highest BCUT2D eigenvalue weighted by Gasteiger charge is 2.33. The molecule has 0 saturated heterocycles. The van der Waals surface area contributed by atoms with Gasteiger partial charge in [0, 0.05) is 32.5 Å². The van der Waals surface area contributed by atoms with Gasteiger partial charge >= 0.3 is 0 Å². The molecule has 2 N–H and O–H groups in total. The molecule has 3 rings (SSSR count). The van der Waals surface area contributed by atoms with E-state index in [9.17, 15) is 0 Å². The minimum Gasteiger partial charge on any atom is -0.382 e. The molecule has 2 fully saturated rings. The second-order valence-corrected chi connectivity index (χ2v) is 8.43. The summed E-state index contributed by atoms with van der Waals surface area (Å²) in [6.45, 7) is 8.33. The molecule has 6 nitrogen and oxygen atoms in total. The van der Waals surface area contributed by atoms with Crippen molar-refractivity contribution in [2.24, 2.45) is 10.4 Å². The van der Waals surface area contributed by atoms with E-state index in [1.165, 1.54) is 51.4 Å². The fourth-order valence-electron chi connectivity index (χ4n) is 4.68. The highest BCUT2D eigenvalue weighted by atomic mass is 127. The van der Waals surface area contributed by atoms with Crippen LogP contribution in [0, 0.1) is 5.41 Å². The third-order valence-electron chi connectivity index (χ3n) is 6.38. The van der Waals surface area contributed by atoms with E-state index in [-0.39, 0.29) is 24.0 Å². The van der Waals surface area contributed by atoms with Gasteiger partial charge in [0.15, 0.2) is 5.96 Å². The summed E-state index contributed by atoms with van der Waals surface area (Å²) in [6.07, 6.45) is 13.7. The maximum atomic E-state index is 5.64. The van der Waals surface area contributed by atoms with Gasteiger partial charge in [0.05, 0.1) is 18.3 Å². The Labute approximate surface area is 193 Å². The second kappa shape index (κ2) is 12.8. The average Bonchev–Trinajstić information content (AvgIpc) is 3.46. The molecule has 166 valence electrons. The SMILES string of the molecule is CCNC(=NCc1ccn(C2CCCC2)n1)NCC1(CCOCC)CCCC1.I. The number of hydrogen-bond donors (Lipinski definition) is 2. The van der Waals surface area contributed by atoms with Crippen LogP contribution in [0.15, 0.2) is 17.3 Å². The Kier molecular flexibility index (Phi) is 10.8. The van der Waals surface area contributed by atoms with Crippen molar-refractivity contribution < 1.29 is 4.74 Å². The van der Waals surface area contributed by atoms with Crippen molar-refractivity contribution in [2.45, 2.75) is 84.2 Å². The quantitative estimate of drug-likeness (QED) is 0.205. The van der Waals surface area contributed by atoms with E-state index in [0.717, 1.165) is 44.4 Å². The molecule has 1 aromatic rings. The first-order valence-electron chi connectivity index (χ1n) is 11.4. The van der Waals surface area contributed by atoms with Crippen molar-refractivity contribution in [2.75, 3.05) is 26.3 Å². The van der Waals surface area contributed by atoms with Crippen molar-refractivity contribution >= 4 is 29.9 Å². The fraction of sp³-hybridized carbons (Fsp3) is 0.818. The van der Waals surface area contributed by atoms with Crippen LogP contribution in [0.4, 0.5) is 0 Å². The smallest absolute Gasteiger partial charge is 0.191 e. The molecule has 0 amide bonds. The number of aliphatic imine (C=N–C) groups is 1. The number of aromatic nitrogens is 2. The van der Waals surface area contributed by atoms with Gasteiger partial charge in [0.25, 0.3) is 0 Å². The highest BCUT2D eigenvalue weighted by Crippen LogP contribution is 2.40. The first-order valence-corrected chi connectivity index (χ1v) is 11.4. The molecule has 1 aromatic heterocycles. The Morgan fingerprint density at radius 2 is 1.97 bits per heavy atom. The van der Waals surface area contributed by atoms with Crippen LogP contribution in [0.5, 0.6) is 0 Å². The number of nitrogens with one attached hydrogen (secondary N) is 2. The summed E-state index contributed by atoms with van der Waals surface area (Å²) in [4.78, 5) is 4.80. The van der Waals surface area contributed by atoms with Crippen molar-refractivity contribution in [3.05, 3.63) is 18.0 Å². The number of rotatable bonds is 10. The lowest BCUT2D eigenvalue weighted by Gasteiger charge is -2.30. The van der Waals surface area contributed by atoms with E-state index in [1.54, 1.807) is 0 Å². The zero-order valence-electron chi connectivity index (χ0n) is 18.3. The fourth-order valence-corrected chi connectivity index (χ4v) is 4.68. The van der Waals surface area contributed by atoms with Gasteiger partial charge in [-0.05, 0) is 57.4 Å². The van der Waals surface area contributed by atoms with Crippen molar-refractivity contribution in [1.82, 2.24) is 20.4 Å². The van der Waals surface area contributed by atoms with Gasteiger partial charge in [-0.1, -0.05) is 25.7 Å². The first-order chi connectivity index (χ1) is 13.7. The zero-order chi connectivity index (χ0) is 19.7. The van der Waals surface area contributed by atoms with E-state index in [2.05, 4.69) is 41.4 Å². The summed E-state index contributed by atoms with van der Waals surface area (Å²) in [5, 5.41) is 11.8. The number of guanidine groups is 1. The zero-order valence-corrected chi connectivity index (χ0v) is 20.6. The van der Waals surface area contributed by atoms with Crippen LogP contribution in [0.3, 0.4) is 0 Å². The molecular weight excluding hydrogens is 477 g/mol. The number of hydrogen-bond acceptors (Lipinski definition) is 3. The third kappa shape index (κ3) is 7.42.